The Morgan fingerprint density at radius 1 is 0.667 bits per heavy atom. The fourth-order valence-electron chi connectivity index (χ4n) is 1.92. The van der Waals surface area contributed by atoms with Gasteiger partial charge in [-0.05, 0) is 5.92 Å². The quantitative estimate of drug-likeness (QED) is 0.339. The zero-order chi connectivity index (χ0) is 20.3. The molecule has 160 valence electrons. The van der Waals surface area contributed by atoms with Gasteiger partial charge in [-0.25, -0.2) is 0 Å². The summed E-state index contributed by atoms with van der Waals surface area (Å²) in [5, 5.41) is 5.59. The first kappa shape index (κ1) is 25.8. The van der Waals surface area contributed by atoms with Gasteiger partial charge < -0.3 is 29.6 Å². The molecule has 0 aromatic carbocycles. The van der Waals surface area contributed by atoms with Crippen molar-refractivity contribution < 1.29 is 28.5 Å². The number of amides is 2. The van der Waals surface area contributed by atoms with Gasteiger partial charge in [0.15, 0.2) is 0 Å². The summed E-state index contributed by atoms with van der Waals surface area (Å²) < 4.78 is 21.5. The van der Waals surface area contributed by atoms with E-state index in [-0.39, 0.29) is 17.7 Å². The van der Waals surface area contributed by atoms with Gasteiger partial charge in [0.05, 0.1) is 52.9 Å². The molecule has 0 radical (unpaired) electrons. The summed E-state index contributed by atoms with van der Waals surface area (Å²) in [4.78, 5) is 22.7. The van der Waals surface area contributed by atoms with Crippen LogP contribution in [-0.4, -0.2) is 77.8 Å². The van der Waals surface area contributed by atoms with E-state index in [4.69, 9.17) is 18.9 Å². The Labute approximate surface area is 163 Å². The Balaban J connectivity index is 3.15. The molecule has 8 nitrogen and oxygen atoms in total. The van der Waals surface area contributed by atoms with Gasteiger partial charge in [-0.2, -0.15) is 0 Å². The molecular weight excluding hydrogens is 352 g/mol. The van der Waals surface area contributed by atoms with E-state index in [1.165, 1.54) is 0 Å². The van der Waals surface area contributed by atoms with E-state index in [0.717, 1.165) is 0 Å². The lowest BCUT2D eigenvalue weighted by Crippen LogP contribution is -2.31. The van der Waals surface area contributed by atoms with Gasteiger partial charge in [-0.1, -0.05) is 27.7 Å². The van der Waals surface area contributed by atoms with E-state index in [1.807, 2.05) is 27.7 Å². The molecule has 0 unspecified atom stereocenters. The smallest absolute Gasteiger partial charge is 0.222 e. The van der Waals surface area contributed by atoms with Crippen LogP contribution in [0.2, 0.25) is 0 Å². The Hall–Kier alpha value is -1.22. The minimum absolute atomic E-state index is 0.00526. The van der Waals surface area contributed by atoms with E-state index in [9.17, 15) is 9.59 Å². The standard InChI is InChI=1S/C19H38N2O6/c1-16(2)15-18(22)20-5-7-24-9-11-26-13-14-27-12-10-25-8-6-21-19(23)17(3)4/h16-17H,5-15H2,1-4H3,(H,20,22)(H,21,23). The number of carbonyl (C=O) groups excluding carboxylic acids is 2. The molecule has 0 fully saturated rings. The Morgan fingerprint density at radius 2 is 1.07 bits per heavy atom. The summed E-state index contributed by atoms with van der Waals surface area (Å²) in [6, 6.07) is 0. The van der Waals surface area contributed by atoms with Gasteiger partial charge in [0.2, 0.25) is 11.8 Å². The van der Waals surface area contributed by atoms with Crippen molar-refractivity contribution in [3.63, 3.8) is 0 Å². The van der Waals surface area contributed by atoms with Crippen LogP contribution in [0.5, 0.6) is 0 Å². The molecule has 0 aromatic heterocycles. The van der Waals surface area contributed by atoms with Crippen LogP contribution in [0.4, 0.5) is 0 Å². The van der Waals surface area contributed by atoms with Gasteiger partial charge >= 0.3 is 0 Å². The Bertz CT molecular complexity index is 377. The Kier molecular flexibility index (Phi) is 17.3. The van der Waals surface area contributed by atoms with Crippen molar-refractivity contribution in [2.45, 2.75) is 34.1 Å². The highest BCUT2D eigenvalue weighted by Crippen LogP contribution is 1.97. The van der Waals surface area contributed by atoms with Crippen molar-refractivity contribution in [3.8, 4) is 0 Å². The van der Waals surface area contributed by atoms with Crippen LogP contribution >= 0.6 is 0 Å². The summed E-state index contributed by atoms with van der Waals surface area (Å²) in [6.07, 6.45) is 0.544. The summed E-state index contributed by atoms with van der Waals surface area (Å²) in [5.74, 6) is 0.456. The van der Waals surface area contributed by atoms with E-state index < -0.39 is 0 Å². The minimum Gasteiger partial charge on any atom is -0.377 e. The van der Waals surface area contributed by atoms with Gasteiger partial charge in [-0.3, -0.25) is 9.59 Å². The summed E-state index contributed by atoms with van der Waals surface area (Å²) in [7, 11) is 0. The first-order chi connectivity index (χ1) is 12.9. The lowest BCUT2D eigenvalue weighted by molar-refractivity contribution is -0.124. The molecule has 27 heavy (non-hydrogen) atoms. The number of ether oxygens (including phenoxy) is 4. The zero-order valence-corrected chi connectivity index (χ0v) is 17.4. The number of carbonyl (C=O) groups is 2. The molecule has 0 atom stereocenters. The number of nitrogens with one attached hydrogen (secondary N) is 2. The summed E-state index contributed by atoms with van der Waals surface area (Å²) in [6.45, 7) is 12.7. The normalized spacial score (nSPS) is 11.2. The molecule has 0 saturated heterocycles. The molecule has 0 aliphatic heterocycles. The van der Waals surface area contributed by atoms with Gasteiger partial charge in [0, 0.05) is 25.4 Å². The predicted octanol–water partition coefficient (Wildman–Crippen LogP) is 0.987. The molecule has 0 aliphatic rings. The monoisotopic (exact) mass is 390 g/mol. The fourth-order valence-corrected chi connectivity index (χ4v) is 1.92. The first-order valence-corrected chi connectivity index (χ1v) is 9.78. The van der Waals surface area contributed by atoms with E-state index in [2.05, 4.69) is 10.6 Å². The molecule has 0 bridgehead atoms. The second-order valence-electron chi connectivity index (χ2n) is 6.84. The van der Waals surface area contributed by atoms with Crippen molar-refractivity contribution in [2.75, 3.05) is 65.9 Å². The molecule has 0 heterocycles. The maximum absolute atomic E-state index is 11.4. The van der Waals surface area contributed by atoms with Crippen LogP contribution in [0.3, 0.4) is 0 Å². The average Bonchev–Trinajstić information content (AvgIpc) is 2.60. The van der Waals surface area contributed by atoms with Crippen molar-refractivity contribution >= 4 is 11.8 Å². The van der Waals surface area contributed by atoms with Crippen LogP contribution in [0.1, 0.15) is 34.1 Å². The summed E-state index contributed by atoms with van der Waals surface area (Å²) >= 11 is 0. The molecular formula is C19H38N2O6. The molecule has 0 rings (SSSR count). The largest absolute Gasteiger partial charge is 0.377 e. The Morgan fingerprint density at radius 3 is 1.48 bits per heavy atom. The maximum Gasteiger partial charge on any atom is 0.222 e. The molecule has 0 aromatic rings. The van der Waals surface area contributed by atoms with Crippen LogP contribution in [0, 0.1) is 11.8 Å². The fraction of sp³-hybridized carbons (Fsp3) is 0.895. The van der Waals surface area contributed by atoms with Crippen LogP contribution < -0.4 is 10.6 Å². The van der Waals surface area contributed by atoms with Gasteiger partial charge in [-0.15, -0.1) is 0 Å². The van der Waals surface area contributed by atoms with E-state index in [0.29, 0.717) is 78.3 Å². The highest BCUT2D eigenvalue weighted by Gasteiger charge is 2.04. The second-order valence-corrected chi connectivity index (χ2v) is 6.84. The van der Waals surface area contributed by atoms with Crippen molar-refractivity contribution in [3.05, 3.63) is 0 Å². The molecule has 0 spiro atoms. The molecule has 2 N–H and O–H groups in total. The lowest BCUT2D eigenvalue weighted by atomic mass is 10.1. The first-order valence-electron chi connectivity index (χ1n) is 9.78. The third kappa shape index (κ3) is 19.3. The van der Waals surface area contributed by atoms with Gasteiger partial charge in [0.1, 0.15) is 0 Å². The third-order valence-corrected chi connectivity index (χ3v) is 3.35. The number of hydrogen-bond donors (Lipinski definition) is 2. The van der Waals surface area contributed by atoms with Crippen molar-refractivity contribution in [1.29, 1.82) is 0 Å². The lowest BCUT2D eigenvalue weighted by Gasteiger charge is -2.09. The molecule has 8 heteroatoms. The van der Waals surface area contributed by atoms with Crippen LogP contribution in [0.25, 0.3) is 0 Å². The minimum atomic E-state index is -0.00526. The maximum atomic E-state index is 11.4. The van der Waals surface area contributed by atoms with Crippen molar-refractivity contribution in [2.24, 2.45) is 11.8 Å². The highest BCUT2D eigenvalue weighted by atomic mass is 16.6. The number of rotatable bonds is 18. The zero-order valence-electron chi connectivity index (χ0n) is 17.4. The second kappa shape index (κ2) is 18.2. The van der Waals surface area contributed by atoms with Crippen LogP contribution in [-0.2, 0) is 28.5 Å². The topological polar surface area (TPSA) is 95.1 Å². The summed E-state index contributed by atoms with van der Waals surface area (Å²) in [5.41, 5.74) is 0. The van der Waals surface area contributed by atoms with Gasteiger partial charge in [0.25, 0.3) is 0 Å². The molecule has 0 saturated carbocycles. The van der Waals surface area contributed by atoms with E-state index in [1.54, 1.807) is 0 Å². The highest BCUT2D eigenvalue weighted by molar-refractivity contribution is 5.77. The third-order valence-electron chi connectivity index (χ3n) is 3.35. The SMILES string of the molecule is CC(C)CC(=O)NCCOCCOCCOCCOCCNC(=O)C(C)C. The van der Waals surface area contributed by atoms with Crippen LogP contribution in [0.15, 0.2) is 0 Å². The number of hydrogen-bond acceptors (Lipinski definition) is 6. The van der Waals surface area contributed by atoms with Crippen molar-refractivity contribution in [1.82, 2.24) is 10.6 Å². The predicted molar refractivity (Wildman–Crippen MR) is 104 cm³/mol. The van der Waals surface area contributed by atoms with E-state index >= 15 is 0 Å². The average molecular weight is 391 g/mol. The molecule has 2 amide bonds. The molecule has 0 aliphatic carbocycles.